The van der Waals surface area contributed by atoms with Crippen LogP contribution in [-0.4, -0.2) is 36.1 Å². The van der Waals surface area contributed by atoms with E-state index >= 15 is 0 Å². The summed E-state index contributed by atoms with van der Waals surface area (Å²) in [5, 5.41) is 1.34. The summed E-state index contributed by atoms with van der Waals surface area (Å²) in [4.78, 5) is 6.38. The van der Waals surface area contributed by atoms with Gasteiger partial charge in [-0.2, -0.15) is 0 Å². The Bertz CT molecular complexity index is 744. The van der Waals surface area contributed by atoms with E-state index in [4.69, 9.17) is 4.74 Å². The zero-order valence-electron chi connectivity index (χ0n) is 17.2. The number of benzene rings is 1. The third-order valence-corrected chi connectivity index (χ3v) is 7.05. The van der Waals surface area contributed by atoms with E-state index < -0.39 is 0 Å². The second kappa shape index (κ2) is 8.68. The van der Waals surface area contributed by atoms with Crippen molar-refractivity contribution in [2.75, 3.05) is 20.2 Å². The van der Waals surface area contributed by atoms with Crippen LogP contribution in [0.1, 0.15) is 69.0 Å². The number of likely N-dealkylation sites (tertiary alicyclic amines) is 1. The van der Waals surface area contributed by atoms with Gasteiger partial charge in [0.15, 0.2) is 0 Å². The Labute approximate surface area is 164 Å². The average molecular weight is 369 g/mol. The van der Waals surface area contributed by atoms with Crippen LogP contribution in [0.2, 0.25) is 0 Å². The molecule has 2 fully saturated rings. The van der Waals surface area contributed by atoms with Crippen molar-refractivity contribution in [3.8, 4) is 5.75 Å². The molecule has 0 bridgehead atoms. The first-order chi connectivity index (χ1) is 13.2. The van der Waals surface area contributed by atoms with Gasteiger partial charge in [0, 0.05) is 29.2 Å². The SMILES string of the molecule is COc1ccc2[nH]c(C)c(CCN3CCCCC3CC3CCCCC3)c2c1. The molecule has 1 aromatic heterocycles. The van der Waals surface area contributed by atoms with Gasteiger partial charge < -0.3 is 14.6 Å². The van der Waals surface area contributed by atoms with Gasteiger partial charge in [-0.05, 0) is 68.8 Å². The van der Waals surface area contributed by atoms with E-state index in [1.165, 1.54) is 93.0 Å². The molecule has 1 unspecified atom stereocenters. The van der Waals surface area contributed by atoms with E-state index in [2.05, 4.69) is 28.9 Å². The molecule has 1 aromatic carbocycles. The molecule has 4 rings (SSSR count). The Morgan fingerprint density at radius 2 is 1.89 bits per heavy atom. The van der Waals surface area contributed by atoms with E-state index in [-0.39, 0.29) is 0 Å². The molecule has 0 radical (unpaired) electrons. The number of hydrogen-bond acceptors (Lipinski definition) is 2. The summed E-state index contributed by atoms with van der Waals surface area (Å²) >= 11 is 0. The lowest BCUT2D eigenvalue weighted by Gasteiger charge is -2.38. The summed E-state index contributed by atoms with van der Waals surface area (Å²) in [7, 11) is 1.75. The number of rotatable bonds is 6. The van der Waals surface area contributed by atoms with Crippen LogP contribution in [0.4, 0.5) is 0 Å². The summed E-state index contributed by atoms with van der Waals surface area (Å²) < 4.78 is 5.46. The minimum Gasteiger partial charge on any atom is -0.497 e. The second-order valence-corrected chi connectivity index (χ2v) is 8.82. The summed E-state index contributed by atoms with van der Waals surface area (Å²) in [6.07, 6.45) is 14.2. The third-order valence-electron chi connectivity index (χ3n) is 7.05. The number of H-pyrrole nitrogens is 1. The van der Waals surface area contributed by atoms with Crippen molar-refractivity contribution in [3.05, 3.63) is 29.5 Å². The third kappa shape index (κ3) is 4.34. The first-order valence-electron chi connectivity index (χ1n) is 11.1. The van der Waals surface area contributed by atoms with Crippen LogP contribution in [0.25, 0.3) is 10.9 Å². The molecule has 2 aliphatic rings. The Balaban J connectivity index is 1.44. The van der Waals surface area contributed by atoms with E-state index in [1.54, 1.807) is 7.11 Å². The molecule has 148 valence electrons. The van der Waals surface area contributed by atoms with Gasteiger partial charge in [0.1, 0.15) is 5.75 Å². The fraction of sp³-hybridized carbons (Fsp3) is 0.667. The van der Waals surface area contributed by atoms with Crippen LogP contribution < -0.4 is 4.74 Å². The summed E-state index contributed by atoms with van der Waals surface area (Å²) in [6.45, 7) is 4.71. The quantitative estimate of drug-likeness (QED) is 0.692. The molecular weight excluding hydrogens is 332 g/mol. The fourth-order valence-electron chi connectivity index (χ4n) is 5.49. The van der Waals surface area contributed by atoms with Crippen molar-refractivity contribution in [2.24, 2.45) is 5.92 Å². The fourth-order valence-corrected chi connectivity index (χ4v) is 5.49. The van der Waals surface area contributed by atoms with Crippen molar-refractivity contribution in [1.82, 2.24) is 9.88 Å². The number of ether oxygens (including phenoxy) is 1. The molecule has 1 atom stereocenters. The standard InChI is InChI=1S/C24H36N2O/c1-18-22(23-17-21(27-2)11-12-24(23)25-18)13-15-26-14-7-6-10-20(26)16-19-8-4-3-5-9-19/h11-12,17,19-20,25H,3-10,13-16H2,1-2H3. The zero-order valence-corrected chi connectivity index (χ0v) is 17.2. The van der Waals surface area contributed by atoms with E-state index in [0.29, 0.717) is 0 Å². The van der Waals surface area contributed by atoms with Gasteiger partial charge in [0.05, 0.1) is 7.11 Å². The summed E-state index contributed by atoms with van der Waals surface area (Å²) in [5.74, 6) is 1.94. The summed E-state index contributed by atoms with van der Waals surface area (Å²) in [5.41, 5.74) is 4.03. The largest absolute Gasteiger partial charge is 0.497 e. The topological polar surface area (TPSA) is 28.3 Å². The highest BCUT2D eigenvalue weighted by molar-refractivity contribution is 5.86. The predicted octanol–water partition coefficient (Wildman–Crippen LogP) is 5.85. The van der Waals surface area contributed by atoms with Crippen LogP contribution in [0.15, 0.2) is 18.2 Å². The molecule has 3 heteroatoms. The molecule has 3 nitrogen and oxygen atoms in total. The van der Waals surface area contributed by atoms with Gasteiger partial charge in [-0.3, -0.25) is 0 Å². The molecule has 2 heterocycles. The lowest BCUT2D eigenvalue weighted by atomic mass is 9.82. The van der Waals surface area contributed by atoms with Gasteiger partial charge in [0.25, 0.3) is 0 Å². The highest BCUT2D eigenvalue weighted by atomic mass is 16.5. The number of nitrogens with one attached hydrogen (secondary N) is 1. The van der Waals surface area contributed by atoms with Crippen molar-refractivity contribution in [1.29, 1.82) is 0 Å². The number of aryl methyl sites for hydroxylation is 1. The highest BCUT2D eigenvalue weighted by Crippen LogP contribution is 2.32. The maximum Gasteiger partial charge on any atom is 0.119 e. The molecule has 27 heavy (non-hydrogen) atoms. The molecule has 0 spiro atoms. The first-order valence-corrected chi connectivity index (χ1v) is 11.1. The van der Waals surface area contributed by atoms with Crippen LogP contribution in [0.3, 0.4) is 0 Å². The van der Waals surface area contributed by atoms with Gasteiger partial charge in [-0.1, -0.05) is 38.5 Å². The van der Waals surface area contributed by atoms with Crippen molar-refractivity contribution >= 4 is 10.9 Å². The average Bonchev–Trinajstić information content (AvgIpc) is 3.02. The van der Waals surface area contributed by atoms with E-state index in [1.807, 2.05) is 6.07 Å². The molecule has 2 aromatic rings. The van der Waals surface area contributed by atoms with Gasteiger partial charge in [-0.25, -0.2) is 0 Å². The molecule has 1 aliphatic heterocycles. The summed E-state index contributed by atoms with van der Waals surface area (Å²) in [6, 6.07) is 7.22. The number of piperidine rings is 1. The Morgan fingerprint density at radius 1 is 1.07 bits per heavy atom. The van der Waals surface area contributed by atoms with Crippen molar-refractivity contribution < 1.29 is 4.74 Å². The molecular formula is C24H36N2O. The lowest BCUT2D eigenvalue weighted by Crippen LogP contribution is -2.42. The van der Waals surface area contributed by atoms with Crippen molar-refractivity contribution in [2.45, 2.75) is 77.2 Å². The second-order valence-electron chi connectivity index (χ2n) is 8.82. The van der Waals surface area contributed by atoms with Crippen LogP contribution in [0, 0.1) is 12.8 Å². The monoisotopic (exact) mass is 368 g/mol. The highest BCUT2D eigenvalue weighted by Gasteiger charge is 2.26. The molecule has 1 saturated carbocycles. The Morgan fingerprint density at radius 3 is 2.70 bits per heavy atom. The molecule has 0 amide bonds. The number of fused-ring (bicyclic) bond motifs is 1. The number of aromatic nitrogens is 1. The zero-order chi connectivity index (χ0) is 18.6. The first kappa shape index (κ1) is 18.9. The minimum atomic E-state index is 0.821. The Hall–Kier alpha value is -1.48. The normalized spacial score (nSPS) is 22.4. The molecule has 1 aliphatic carbocycles. The van der Waals surface area contributed by atoms with Gasteiger partial charge >= 0.3 is 0 Å². The van der Waals surface area contributed by atoms with Crippen molar-refractivity contribution in [3.63, 3.8) is 0 Å². The van der Waals surface area contributed by atoms with Crippen LogP contribution in [0.5, 0.6) is 5.75 Å². The Kier molecular flexibility index (Phi) is 6.07. The lowest BCUT2D eigenvalue weighted by molar-refractivity contribution is 0.118. The number of nitrogens with zero attached hydrogens (tertiary/aromatic N) is 1. The van der Waals surface area contributed by atoms with Crippen LogP contribution >= 0.6 is 0 Å². The van der Waals surface area contributed by atoms with E-state index in [0.717, 1.165) is 24.1 Å². The number of hydrogen-bond donors (Lipinski definition) is 1. The van der Waals surface area contributed by atoms with Gasteiger partial charge in [-0.15, -0.1) is 0 Å². The predicted molar refractivity (Wildman–Crippen MR) is 114 cm³/mol. The van der Waals surface area contributed by atoms with Gasteiger partial charge in [0.2, 0.25) is 0 Å². The maximum atomic E-state index is 5.46. The molecule has 1 N–H and O–H groups in total. The minimum absolute atomic E-state index is 0.821. The molecule has 1 saturated heterocycles. The maximum absolute atomic E-state index is 5.46. The number of aromatic amines is 1. The smallest absolute Gasteiger partial charge is 0.119 e. The van der Waals surface area contributed by atoms with E-state index in [9.17, 15) is 0 Å². The van der Waals surface area contributed by atoms with Crippen LogP contribution in [-0.2, 0) is 6.42 Å². The number of methoxy groups -OCH3 is 1.